The van der Waals surface area contributed by atoms with Crippen LogP contribution in [-0.2, 0) is 4.79 Å². The van der Waals surface area contributed by atoms with Crippen LogP contribution in [0.15, 0.2) is 18.5 Å². The second kappa shape index (κ2) is 5.99. The lowest BCUT2D eigenvalue weighted by molar-refractivity contribution is -0.130. The van der Waals surface area contributed by atoms with E-state index in [-0.39, 0.29) is 5.91 Å². The molecule has 0 aromatic carbocycles. The molecule has 1 aromatic heterocycles. The fourth-order valence-corrected chi connectivity index (χ4v) is 2.64. The number of anilines is 1. The van der Waals surface area contributed by atoms with Gasteiger partial charge in [0, 0.05) is 45.5 Å². The van der Waals surface area contributed by atoms with Gasteiger partial charge in [0.15, 0.2) is 0 Å². The fraction of sp³-hybridized carbons (Fsp3) is 0.643. The maximum absolute atomic E-state index is 11.4. The molecule has 1 atom stereocenters. The normalized spacial score (nSPS) is 18.2. The molecule has 2 rings (SSSR count). The van der Waals surface area contributed by atoms with Crippen molar-refractivity contribution in [1.29, 1.82) is 0 Å². The number of carbonyl (C=O) groups is 1. The Balaban J connectivity index is 1.91. The van der Waals surface area contributed by atoms with Crippen LogP contribution in [0.1, 0.15) is 26.7 Å². The highest BCUT2D eigenvalue weighted by molar-refractivity contribution is 5.73. The fourth-order valence-electron chi connectivity index (χ4n) is 2.64. The van der Waals surface area contributed by atoms with Crippen LogP contribution < -0.4 is 4.90 Å². The van der Waals surface area contributed by atoms with Crippen LogP contribution in [0.2, 0.25) is 0 Å². The van der Waals surface area contributed by atoms with Gasteiger partial charge in [0.2, 0.25) is 11.9 Å². The van der Waals surface area contributed by atoms with Crippen molar-refractivity contribution in [2.45, 2.75) is 32.7 Å². The maximum atomic E-state index is 11.4. The monoisotopic (exact) mass is 262 g/mol. The van der Waals surface area contributed by atoms with E-state index in [1.807, 2.05) is 18.0 Å². The molecule has 1 fully saturated rings. The molecule has 2 heterocycles. The van der Waals surface area contributed by atoms with E-state index in [0.717, 1.165) is 31.9 Å². The highest BCUT2D eigenvalue weighted by Crippen LogP contribution is 2.25. The van der Waals surface area contributed by atoms with Crippen LogP contribution in [0.5, 0.6) is 0 Å². The average Bonchev–Trinajstić information content (AvgIpc) is 2.46. The molecule has 0 aliphatic carbocycles. The molecule has 1 amide bonds. The van der Waals surface area contributed by atoms with Crippen molar-refractivity contribution in [3.63, 3.8) is 0 Å². The number of hydrogen-bond donors (Lipinski definition) is 0. The van der Waals surface area contributed by atoms with Gasteiger partial charge in [-0.3, -0.25) is 4.79 Å². The zero-order chi connectivity index (χ0) is 13.8. The van der Waals surface area contributed by atoms with Crippen molar-refractivity contribution in [3.8, 4) is 0 Å². The Kier molecular flexibility index (Phi) is 4.35. The number of hydrogen-bond acceptors (Lipinski definition) is 4. The molecule has 1 aromatic rings. The predicted molar refractivity (Wildman–Crippen MR) is 74.9 cm³/mol. The Morgan fingerprint density at radius 3 is 2.47 bits per heavy atom. The van der Waals surface area contributed by atoms with Crippen LogP contribution in [0.4, 0.5) is 5.95 Å². The van der Waals surface area contributed by atoms with Crippen LogP contribution in [0.3, 0.4) is 0 Å². The van der Waals surface area contributed by atoms with Gasteiger partial charge in [-0.25, -0.2) is 9.97 Å². The molecule has 19 heavy (non-hydrogen) atoms. The number of piperidine rings is 1. The van der Waals surface area contributed by atoms with Crippen LogP contribution >= 0.6 is 0 Å². The number of nitrogens with zero attached hydrogens (tertiary/aromatic N) is 4. The van der Waals surface area contributed by atoms with Gasteiger partial charge in [0.05, 0.1) is 0 Å². The van der Waals surface area contributed by atoms with Crippen molar-refractivity contribution >= 4 is 11.9 Å². The van der Waals surface area contributed by atoms with Crippen molar-refractivity contribution in [3.05, 3.63) is 18.5 Å². The topological polar surface area (TPSA) is 49.3 Å². The lowest BCUT2D eigenvalue weighted by atomic mass is 9.89. The van der Waals surface area contributed by atoms with Gasteiger partial charge in [0.25, 0.3) is 0 Å². The predicted octanol–water partition coefficient (Wildman–Crippen LogP) is 1.56. The Bertz CT molecular complexity index is 415. The van der Waals surface area contributed by atoms with E-state index in [9.17, 15) is 4.79 Å². The van der Waals surface area contributed by atoms with Crippen molar-refractivity contribution in [2.75, 3.05) is 25.0 Å². The minimum atomic E-state index is 0.140. The maximum Gasteiger partial charge on any atom is 0.225 e. The van der Waals surface area contributed by atoms with Crippen molar-refractivity contribution in [1.82, 2.24) is 14.9 Å². The molecular formula is C14H22N4O. The van der Waals surface area contributed by atoms with Gasteiger partial charge < -0.3 is 9.80 Å². The summed E-state index contributed by atoms with van der Waals surface area (Å²) in [5, 5.41) is 0. The molecule has 5 nitrogen and oxygen atoms in total. The molecular weight excluding hydrogens is 240 g/mol. The Hall–Kier alpha value is -1.65. The molecule has 0 saturated carbocycles. The lowest BCUT2D eigenvalue weighted by Crippen LogP contribution is -2.44. The van der Waals surface area contributed by atoms with E-state index in [1.165, 1.54) is 0 Å². The number of carbonyl (C=O) groups excluding carboxylic acids is 1. The van der Waals surface area contributed by atoms with Gasteiger partial charge >= 0.3 is 0 Å². The summed E-state index contributed by atoms with van der Waals surface area (Å²) in [6.07, 6.45) is 5.72. The van der Waals surface area contributed by atoms with Crippen LogP contribution in [0, 0.1) is 5.92 Å². The zero-order valence-electron chi connectivity index (χ0n) is 11.9. The third kappa shape index (κ3) is 3.22. The third-order valence-electron chi connectivity index (χ3n) is 4.16. The first-order chi connectivity index (χ1) is 9.09. The molecule has 1 aliphatic heterocycles. The molecule has 0 spiro atoms. The Morgan fingerprint density at radius 1 is 1.37 bits per heavy atom. The van der Waals surface area contributed by atoms with E-state index in [0.29, 0.717) is 12.0 Å². The quantitative estimate of drug-likeness (QED) is 0.829. The molecule has 104 valence electrons. The SMILES string of the molecule is CC(=O)N(C)C(C)C1CCN(c2ncccn2)CC1. The van der Waals surface area contributed by atoms with E-state index in [2.05, 4.69) is 21.8 Å². The summed E-state index contributed by atoms with van der Waals surface area (Å²) >= 11 is 0. The lowest BCUT2D eigenvalue weighted by Gasteiger charge is -2.38. The number of rotatable bonds is 3. The van der Waals surface area contributed by atoms with Crippen molar-refractivity contribution < 1.29 is 4.79 Å². The van der Waals surface area contributed by atoms with Gasteiger partial charge in [-0.15, -0.1) is 0 Å². The van der Waals surface area contributed by atoms with Crippen LogP contribution in [-0.4, -0.2) is 47.0 Å². The van der Waals surface area contributed by atoms with E-state index in [1.54, 1.807) is 19.3 Å². The molecule has 1 saturated heterocycles. The summed E-state index contributed by atoms with van der Waals surface area (Å²) < 4.78 is 0. The average molecular weight is 262 g/mol. The van der Waals surface area contributed by atoms with Gasteiger partial charge in [-0.2, -0.15) is 0 Å². The number of aromatic nitrogens is 2. The highest BCUT2D eigenvalue weighted by Gasteiger charge is 2.27. The first-order valence-corrected chi connectivity index (χ1v) is 6.85. The second-order valence-corrected chi connectivity index (χ2v) is 5.24. The summed E-state index contributed by atoms with van der Waals surface area (Å²) in [7, 11) is 1.89. The largest absolute Gasteiger partial charge is 0.343 e. The number of amides is 1. The molecule has 5 heteroatoms. The smallest absolute Gasteiger partial charge is 0.225 e. The van der Waals surface area contributed by atoms with E-state index >= 15 is 0 Å². The summed E-state index contributed by atoms with van der Waals surface area (Å²) in [6, 6.07) is 2.14. The first-order valence-electron chi connectivity index (χ1n) is 6.85. The zero-order valence-corrected chi connectivity index (χ0v) is 11.9. The minimum absolute atomic E-state index is 0.140. The second-order valence-electron chi connectivity index (χ2n) is 5.24. The standard InChI is InChI=1S/C14H22N4O/c1-11(17(3)12(2)19)13-5-9-18(10-6-13)14-15-7-4-8-16-14/h4,7-8,11,13H,5-6,9-10H2,1-3H3. The summed E-state index contributed by atoms with van der Waals surface area (Å²) in [6.45, 7) is 5.69. The third-order valence-corrected chi connectivity index (χ3v) is 4.16. The van der Waals surface area contributed by atoms with E-state index < -0.39 is 0 Å². The molecule has 1 aliphatic rings. The Labute approximate surface area is 114 Å². The molecule has 0 N–H and O–H groups in total. The van der Waals surface area contributed by atoms with Crippen LogP contribution in [0.25, 0.3) is 0 Å². The Morgan fingerprint density at radius 2 is 1.95 bits per heavy atom. The molecule has 0 bridgehead atoms. The summed E-state index contributed by atoms with van der Waals surface area (Å²) in [4.78, 5) is 24.0. The van der Waals surface area contributed by atoms with Crippen molar-refractivity contribution in [2.24, 2.45) is 5.92 Å². The van der Waals surface area contributed by atoms with Gasteiger partial charge in [0.1, 0.15) is 0 Å². The van der Waals surface area contributed by atoms with Gasteiger partial charge in [-0.05, 0) is 31.7 Å². The summed E-state index contributed by atoms with van der Waals surface area (Å²) in [5.41, 5.74) is 0. The molecule has 0 radical (unpaired) electrons. The minimum Gasteiger partial charge on any atom is -0.343 e. The first kappa shape index (κ1) is 13.8. The van der Waals surface area contributed by atoms with E-state index in [4.69, 9.17) is 0 Å². The highest BCUT2D eigenvalue weighted by atomic mass is 16.2. The van der Waals surface area contributed by atoms with Gasteiger partial charge in [-0.1, -0.05) is 0 Å². The summed E-state index contributed by atoms with van der Waals surface area (Å²) in [5.74, 6) is 1.52. The molecule has 1 unspecified atom stereocenters.